The summed E-state index contributed by atoms with van der Waals surface area (Å²) in [4.78, 5) is 10.7. The first-order chi connectivity index (χ1) is 12.7. The van der Waals surface area contributed by atoms with Crippen molar-refractivity contribution >= 4 is 38.5 Å². The fourth-order valence-corrected chi connectivity index (χ4v) is 3.94. The zero-order valence-corrected chi connectivity index (χ0v) is 15.8. The lowest BCUT2D eigenvalue weighted by molar-refractivity contribution is 0.147. The minimum Gasteiger partial charge on any atom is -0.481 e. The van der Waals surface area contributed by atoms with E-state index in [9.17, 15) is 17.2 Å². The van der Waals surface area contributed by atoms with Crippen LogP contribution in [0.1, 0.15) is 11.3 Å². The second-order valence-electron chi connectivity index (χ2n) is 5.66. The van der Waals surface area contributed by atoms with E-state index < -0.39 is 22.9 Å². The molecular formula is C16H15ClF2N4O3S. The zero-order chi connectivity index (χ0) is 19.8. The van der Waals surface area contributed by atoms with E-state index in [0.29, 0.717) is 15.9 Å². The first kappa shape index (κ1) is 19.3. The first-order valence-corrected chi connectivity index (χ1v) is 9.56. The van der Waals surface area contributed by atoms with Crippen molar-refractivity contribution in [2.45, 2.75) is 24.7 Å². The number of alkyl halides is 2. The lowest BCUT2D eigenvalue weighted by Crippen LogP contribution is -2.16. The number of methoxy groups -OCH3 is 1. The van der Waals surface area contributed by atoms with E-state index in [4.69, 9.17) is 16.3 Å². The van der Waals surface area contributed by atoms with Crippen LogP contribution in [-0.4, -0.2) is 36.9 Å². The number of fused-ring (bicyclic) bond motifs is 1. The third-order valence-corrected chi connectivity index (χ3v) is 5.45. The molecule has 0 bridgehead atoms. The molecule has 7 nitrogen and oxygen atoms in total. The highest BCUT2D eigenvalue weighted by Crippen LogP contribution is 2.28. The largest absolute Gasteiger partial charge is 0.481 e. The lowest BCUT2D eigenvalue weighted by atomic mass is 10.2. The van der Waals surface area contributed by atoms with Crippen LogP contribution in [0.2, 0.25) is 5.02 Å². The summed E-state index contributed by atoms with van der Waals surface area (Å²) in [6, 6.07) is 4.74. The van der Waals surface area contributed by atoms with Crippen molar-refractivity contribution in [1.29, 1.82) is 0 Å². The molecule has 0 amide bonds. The summed E-state index contributed by atoms with van der Waals surface area (Å²) in [7, 11) is -2.78. The maximum absolute atomic E-state index is 12.7. The van der Waals surface area contributed by atoms with Crippen molar-refractivity contribution in [1.82, 2.24) is 15.0 Å². The summed E-state index contributed by atoms with van der Waals surface area (Å²) in [6.45, 7) is 1.48. The number of ether oxygens (including phenoxy) is 1. The highest BCUT2D eigenvalue weighted by Gasteiger charge is 2.23. The SMILES string of the molecule is COc1nc(NS(=O)(=O)c2c[nH]c3cc(Cl)ccc23)nc(C)c1CC(F)F. The summed E-state index contributed by atoms with van der Waals surface area (Å²) >= 11 is 5.90. The number of halogens is 3. The number of nitrogens with one attached hydrogen (secondary N) is 2. The van der Waals surface area contributed by atoms with Gasteiger partial charge in [0.05, 0.1) is 12.8 Å². The van der Waals surface area contributed by atoms with Crippen molar-refractivity contribution in [3.63, 3.8) is 0 Å². The monoisotopic (exact) mass is 416 g/mol. The van der Waals surface area contributed by atoms with Gasteiger partial charge in [-0.05, 0) is 25.1 Å². The van der Waals surface area contributed by atoms with E-state index in [1.807, 2.05) is 0 Å². The molecule has 0 atom stereocenters. The molecule has 0 aliphatic carbocycles. The third kappa shape index (κ3) is 3.96. The summed E-state index contributed by atoms with van der Waals surface area (Å²) in [6.07, 6.45) is -1.88. The number of sulfonamides is 1. The van der Waals surface area contributed by atoms with Gasteiger partial charge in [0.1, 0.15) is 4.90 Å². The van der Waals surface area contributed by atoms with E-state index in [2.05, 4.69) is 19.7 Å². The average Bonchev–Trinajstić information content (AvgIpc) is 3.00. The number of benzene rings is 1. The van der Waals surface area contributed by atoms with Crippen LogP contribution in [0, 0.1) is 6.92 Å². The predicted octanol–water partition coefficient (Wildman–Crippen LogP) is 3.54. The van der Waals surface area contributed by atoms with Crippen LogP contribution in [0.4, 0.5) is 14.7 Å². The molecule has 0 radical (unpaired) electrons. The van der Waals surface area contributed by atoms with E-state index >= 15 is 0 Å². The number of anilines is 1. The molecule has 27 heavy (non-hydrogen) atoms. The Hall–Kier alpha value is -2.46. The topological polar surface area (TPSA) is 97.0 Å². The number of aromatic nitrogens is 3. The van der Waals surface area contributed by atoms with Crippen molar-refractivity contribution in [2.24, 2.45) is 0 Å². The lowest BCUT2D eigenvalue weighted by Gasteiger charge is -2.13. The molecule has 2 heterocycles. The maximum atomic E-state index is 12.7. The molecule has 0 saturated carbocycles. The van der Waals surface area contributed by atoms with Crippen LogP contribution in [0.25, 0.3) is 10.9 Å². The van der Waals surface area contributed by atoms with Gasteiger partial charge in [0.2, 0.25) is 18.3 Å². The molecular weight excluding hydrogens is 402 g/mol. The smallest absolute Gasteiger partial charge is 0.266 e. The second-order valence-corrected chi connectivity index (χ2v) is 7.75. The number of rotatable bonds is 6. The molecule has 0 aliphatic rings. The van der Waals surface area contributed by atoms with Gasteiger partial charge >= 0.3 is 0 Å². The number of aryl methyl sites for hydroxylation is 1. The van der Waals surface area contributed by atoms with Gasteiger partial charge in [-0.1, -0.05) is 11.6 Å². The van der Waals surface area contributed by atoms with Crippen LogP contribution in [0.5, 0.6) is 5.88 Å². The van der Waals surface area contributed by atoms with Crippen molar-refractivity contribution in [2.75, 3.05) is 11.8 Å². The Kier molecular flexibility index (Phi) is 5.20. The Morgan fingerprint density at radius 2 is 2.07 bits per heavy atom. The number of H-pyrrole nitrogens is 1. The van der Waals surface area contributed by atoms with Crippen LogP contribution in [0.15, 0.2) is 29.3 Å². The summed E-state index contributed by atoms with van der Waals surface area (Å²) in [5, 5.41) is 0.893. The Morgan fingerprint density at radius 3 is 2.74 bits per heavy atom. The first-order valence-electron chi connectivity index (χ1n) is 7.70. The summed E-state index contributed by atoms with van der Waals surface area (Å²) in [5.74, 6) is -0.378. The normalized spacial score (nSPS) is 11.9. The van der Waals surface area contributed by atoms with Crippen molar-refractivity contribution < 1.29 is 21.9 Å². The molecule has 144 valence electrons. The molecule has 11 heteroatoms. The maximum Gasteiger partial charge on any atom is 0.266 e. The van der Waals surface area contributed by atoms with Gasteiger partial charge in [-0.3, -0.25) is 0 Å². The van der Waals surface area contributed by atoms with E-state index in [1.165, 1.54) is 20.2 Å². The minimum absolute atomic E-state index is 0.0222. The molecule has 0 fully saturated rings. The quantitative estimate of drug-likeness (QED) is 0.640. The van der Waals surface area contributed by atoms with Gasteiger partial charge < -0.3 is 9.72 Å². The Morgan fingerprint density at radius 1 is 1.33 bits per heavy atom. The van der Waals surface area contributed by atoms with Gasteiger partial charge in [0.15, 0.2) is 0 Å². The zero-order valence-electron chi connectivity index (χ0n) is 14.3. The molecule has 3 rings (SSSR count). The van der Waals surface area contributed by atoms with Gasteiger partial charge in [0.25, 0.3) is 10.0 Å². The predicted molar refractivity (Wildman–Crippen MR) is 97.1 cm³/mol. The Bertz CT molecular complexity index is 1100. The average molecular weight is 417 g/mol. The molecule has 0 unspecified atom stereocenters. The molecule has 2 aromatic heterocycles. The molecule has 2 N–H and O–H groups in total. The highest BCUT2D eigenvalue weighted by atomic mass is 35.5. The van der Waals surface area contributed by atoms with Gasteiger partial charge in [-0.15, -0.1) is 0 Å². The summed E-state index contributed by atoms with van der Waals surface area (Å²) < 4.78 is 58.2. The molecule has 0 aliphatic heterocycles. The molecule has 0 saturated heterocycles. The Balaban J connectivity index is 1.99. The van der Waals surface area contributed by atoms with Crippen LogP contribution in [-0.2, 0) is 16.4 Å². The molecule has 3 aromatic rings. The van der Waals surface area contributed by atoms with E-state index in [-0.39, 0.29) is 28.0 Å². The van der Waals surface area contributed by atoms with Crippen molar-refractivity contribution in [3.05, 3.63) is 40.7 Å². The second kappa shape index (κ2) is 7.28. The van der Waals surface area contributed by atoms with E-state index in [1.54, 1.807) is 18.2 Å². The molecule has 0 spiro atoms. The van der Waals surface area contributed by atoms with Crippen LogP contribution >= 0.6 is 11.6 Å². The number of nitrogens with zero attached hydrogens (tertiary/aromatic N) is 2. The number of aromatic amines is 1. The Labute approximate surface area is 158 Å². The van der Waals surface area contributed by atoms with Crippen molar-refractivity contribution in [3.8, 4) is 5.88 Å². The van der Waals surface area contributed by atoms with Gasteiger partial charge in [-0.2, -0.15) is 4.98 Å². The third-order valence-electron chi connectivity index (χ3n) is 3.85. The molecule has 1 aromatic carbocycles. The van der Waals surface area contributed by atoms with Crippen LogP contribution in [0.3, 0.4) is 0 Å². The van der Waals surface area contributed by atoms with Crippen LogP contribution < -0.4 is 9.46 Å². The van der Waals surface area contributed by atoms with E-state index in [0.717, 1.165) is 0 Å². The van der Waals surface area contributed by atoms with Gasteiger partial charge in [0, 0.05) is 34.1 Å². The minimum atomic E-state index is -4.04. The fraction of sp³-hybridized carbons (Fsp3) is 0.250. The number of hydrogen-bond donors (Lipinski definition) is 2. The standard InChI is InChI=1S/C16H15ClF2N4O3S/c1-8-11(6-14(18)19)15(26-2)22-16(21-8)23-27(24,25)13-7-20-12-5-9(17)3-4-10(12)13/h3-5,7,14,20H,6H2,1-2H3,(H,21,22,23). The number of hydrogen-bond acceptors (Lipinski definition) is 5. The van der Waals surface area contributed by atoms with Gasteiger partial charge in [-0.25, -0.2) is 26.9 Å². The fourth-order valence-electron chi connectivity index (χ4n) is 2.64. The highest BCUT2D eigenvalue weighted by molar-refractivity contribution is 7.93. The summed E-state index contributed by atoms with van der Waals surface area (Å²) in [5.41, 5.74) is 0.868.